The van der Waals surface area contributed by atoms with Gasteiger partial charge in [-0.25, -0.2) is 4.39 Å². The van der Waals surface area contributed by atoms with Crippen molar-refractivity contribution >= 4 is 46.3 Å². The monoisotopic (exact) mass is 413 g/mol. The van der Waals surface area contributed by atoms with Crippen LogP contribution in [0.25, 0.3) is 0 Å². The Hall–Kier alpha value is -1.70. The van der Waals surface area contributed by atoms with E-state index in [2.05, 4.69) is 0 Å². The number of nitrogens with zero attached hydrogens (tertiary/aromatic N) is 1. The standard InChI is InChI=1S/C18H17ClFNO3S2/c1-22-14-6-10(7-15(23-2)17(14)24-3)18-21(16(25)9-26-18)11-4-5-13(20)12(19)8-11/h4-8,18H,9H2,1-3H3. The van der Waals surface area contributed by atoms with Crippen LogP contribution in [0.1, 0.15) is 10.9 Å². The van der Waals surface area contributed by atoms with Gasteiger partial charge < -0.3 is 19.1 Å². The first kappa shape index (κ1) is 19.1. The summed E-state index contributed by atoms with van der Waals surface area (Å²) in [7, 11) is 4.71. The minimum absolute atomic E-state index is 0.0610. The van der Waals surface area contributed by atoms with Crippen LogP contribution < -0.4 is 19.1 Å². The zero-order chi connectivity index (χ0) is 18.8. The lowest BCUT2D eigenvalue weighted by Crippen LogP contribution is -2.26. The van der Waals surface area contributed by atoms with E-state index in [0.29, 0.717) is 23.0 Å². The van der Waals surface area contributed by atoms with Crippen LogP contribution in [0.4, 0.5) is 10.1 Å². The zero-order valence-electron chi connectivity index (χ0n) is 14.4. The van der Waals surface area contributed by atoms with Crippen LogP contribution in [0, 0.1) is 5.82 Å². The van der Waals surface area contributed by atoms with Gasteiger partial charge >= 0.3 is 0 Å². The molecule has 1 heterocycles. The van der Waals surface area contributed by atoms with Gasteiger partial charge in [-0.05, 0) is 35.9 Å². The third-order valence-electron chi connectivity index (χ3n) is 4.02. The minimum atomic E-state index is -0.461. The lowest BCUT2D eigenvalue weighted by atomic mass is 10.1. The van der Waals surface area contributed by atoms with Crippen molar-refractivity contribution in [3.05, 3.63) is 46.7 Å². The highest BCUT2D eigenvalue weighted by Crippen LogP contribution is 2.47. The van der Waals surface area contributed by atoms with E-state index in [9.17, 15) is 4.39 Å². The van der Waals surface area contributed by atoms with Gasteiger partial charge in [0.1, 0.15) is 11.2 Å². The number of thiocarbonyl (C=S) groups is 1. The van der Waals surface area contributed by atoms with Crippen LogP contribution in [0.15, 0.2) is 30.3 Å². The summed E-state index contributed by atoms with van der Waals surface area (Å²) < 4.78 is 29.8. The number of hydrogen-bond donors (Lipinski definition) is 0. The Morgan fingerprint density at radius 2 is 1.77 bits per heavy atom. The zero-order valence-corrected chi connectivity index (χ0v) is 16.8. The lowest BCUT2D eigenvalue weighted by molar-refractivity contribution is 0.324. The number of anilines is 1. The highest BCUT2D eigenvalue weighted by Gasteiger charge is 2.33. The number of rotatable bonds is 5. The van der Waals surface area contributed by atoms with Crippen molar-refractivity contribution in [2.24, 2.45) is 0 Å². The van der Waals surface area contributed by atoms with E-state index in [-0.39, 0.29) is 10.4 Å². The molecule has 0 saturated carbocycles. The largest absolute Gasteiger partial charge is 0.493 e. The van der Waals surface area contributed by atoms with Crippen LogP contribution >= 0.6 is 35.6 Å². The molecule has 8 heteroatoms. The molecule has 0 aromatic heterocycles. The first-order chi connectivity index (χ1) is 12.5. The number of ether oxygens (including phenoxy) is 3. The Morgan fingerprint density at radius 3 is 2.31 bits per heavy atom. The molecule has 0 N–H and O–H groups in total. The van der Waals surface area contributed by atoms with Gasteiger partial charge in [-0.15, -0.1) is 11.8 Å². The van der Waals surface area contributed by atoms with Crippen LogP contribution in [0.5, 0.6) is 17.2 Å². The molecule has 1 fully saturated rings. The molecule has 0 spiro atoms. The summed E-state index contributed by atoms with van der Waals surface area (Å²) in [5, 5.41) is -0.0522. The van der Waals surface area contributed by atoms with Crippen molar-refractivity contribution in [2.45, 2.75) is 5.37 Å². The van der Waals surface area contributed by atoms with Gasteiger partial charge in [0.05, 0.1) is 31.3 Å². The number of hydrogen-bond acceptors (Lipinski definition) is 5. The number of methoxy groups -OCH3 is 3. The average Bonchev–Trinajstić information content (AvgIpc) is 3.04. The van der Waals surface area contributed by atoms with Crippen LogP contribution in [0.3, 0.4) is 0 Å². The number of thioether (sulfide) groups is 1. The Kier molecular flexibility index (Phi) is 5.79. The van der Waals surface area contributed by atoms with Gasteiger partial charge in [0, 0.05) is 11.4 Å². The molecule has 0 amide bonds. The van der Waals surface area contributed by atoms with Crippen molar-refractivity contribution < 1.29 is 18.6 Å². The first-order valence-electron chi connectivity index (χ1n) is 7.68. The van der Waals surface area contributed by atoms with Gasteiger partial charge in [0.2, 0.25) is 5.75 Å². The maximum absolute atomic E-state index is 13.5. The normalized spacial score (nSPS) is 16.7. The van der Waals surface area contributed by atoms with Gasteiger partial charge in [-0.2, -0.15) is 0 Å². The van der Waals surface area contributed by atoms with E-state index in [4.69, 9.17) is 38.0 Å². The summed E-state index contributed by atoms with van der Waals surface area (Å²) in [5.74, 6) is 1.87. The Labute approximate surface area is 166 Å². The molecule has 4 nitrogen and oxygen atoms in total. The predicted molar refractivity (Wildman–Crippen MR) is 108 cm³/mol. The second kappa shape index (κ2) is 7.90. The third-order valence-corrected chi connectivity index (χ3v) is 6.07. The molecule has 26 heavy (non-hydrogen) atoms. The van der Waals surface area contributed by atoms with Crippen LogP contribution in [0.2, 0.25) is 5.02 Å². The van der Waals surface area contributed by atoms with Gasteiger partial charge in [0.25, 0.3) is 0 Å². The van der Waals surface area contributed by atoms with Gasteiger partial charge in [-0.3, -0.25) is 0 Å². The van der Waals surface area contributed by atoms with Crippen molar-refractivity contribution in [2.75, 3.05) is 32.0 Å². The second-order valence-electron chi connectivity index (χ2n) is 5.48. The fourth-order valence-corrected chi connectivity index (χ4v) is 4.65. The highest BCUT2D eigenvalue weighted by atomic mass is 35.5. The molecule has 1 unspecified atom stereocenters. The Morgan fingerprint density at radius 1 is 1.12 bits per heavy atom. The highest BCUT2D eigenvalue weighted by molar-refractivity contribution is 8.02. The maximum Gasteiger partial charge on any atom is 0.203 e. The SMILES string of the molecule is COc1cc(C2SCC(=S)N2c2ccc(F)c(Cl)c2)cc(OC)c1OC. The summed E-state index contributed by atoms with van der Waals surface area (Å²) in [6, 6.07) is 8.39. The molecule has 2 aromatic carbocycles. The molecule has 1 aliphatic heterocycles. The summed E-state index contributed by atoms with van der Waals surface area (Å²) >= 11 is 13.2. The topological polar surface area (TPSA) is 30.9 Å². The summed E-state index contributed by atoms with van der Waals surface area (Å²) in [6.45, 7) is 0. The molecule has 3 rings (SSSR count). The van der Waals surface area contributed by atoms with Crippen molar-refractivity contribution in [3.63, 3.8) is 0 Å². The fraction of sp³-hybridized carbons (Fsp3) is 0.278. The molecule has 0 bridgehead atoms. The maximum atomic E-state index is 13.5. The van der Waals surface area contributed by atoms with Crippen molar-refractivity contribution in [1.29, 1.82) is 0 Å². The number of halogens is 2. The van der Waals surface area contributed by atoms with E-state index < -0.39 is 5.82 Å². The molecule has 2 aromatic rings. The van der Waals surface area contributed by atoms with E-state index in [0.717, 1.165) is 16.2 Å². The summed E-state index contributed by atoms with van der Waals surface area (Å²) in [6.07, 6.45) is 0. The molecule has 1 saturated heterocycles. The van der Waals surface area contributed by atoms with E-state index >= 15 is 0 Å². The molecule has 0 aliphatic carbocycles. The van der Waals surface area contributed by atoms with Gasteiger partial charge in [-0.1, -0.05) is 23.8 Å². The van der Waals surface area contributed by atoms with E-state index in [1.807, 2.05) is 17.0 Å². The summed E-state index contributed by atoms with van der Waals surface area (Å²) in [5.41, 5.74) is 1.68. The molecule has 138 valence electrons. The molecular weight excluding hydrogens is 397 g/mol. The van der Waals surface area contributed by atoms with Crippen LogP contribution in [-0.4, -0.2) is 32.1 Å². The third kappa shape index (κ3) is 3.43. The number of benzene rings is 2. The van der Waals surface area contributed by atoms with Crippen LogP contribution in [-0.2, 0) is 0 Å². The van der Waals surface area contributed by atoms with E-state index in [1.165, 1.54) is 6.07 Å². The Balaban J connectivity index is 2.07. The minimum Gasteiger partial charge on any atom is -0.493 e. The Bertz CT molecular complexity index is 824. The lowest BCUT2D eigenvalue weighted by Gasteiger charge is -2.27. The molecule has 1 aliphatic rings. The summed E-state index contributed by atoms with van der Waals surface area (Å²) in [4.78, 5) is 2.71. The van der Waals surface area contributed by atoms with Gasteiger partial charge in [0.15, 0.2) is 11.5 Å². The molecule has 1 atom stereocenters. The smallest absolute Gasteiger partial charge is 0.203 e. The first-order valence-corrected chi connectivity index (χ1v) is 9.52. The fourth-order valence-electron chi connectivity index (χ4n) is 2.83. The van der Waals surface area contributed by atoms with E-state index in [1.54, 1.807) is 45.2 Å². The molecule has 0 radical (unpaired) electrons. The van der Waals surface area contributed by atoms with Crippen molar-refractivity contribution in [3.8, 4) is 17.2 Å². The second-order valence-corrected chi connectivity index (χ2v) is 7.43. The van der Waals surface area contributed by atoms with Crippen molar-refractivity contribution in [1.82, 2.24) is 0 Å². The quantitative estimate of drug-likeness (QED) is 0.635. The predicted octanol–water partition coefficient (Wildman–Crippen LogP) is 5.08. The average molecular weight is 414 g/mol. The molecular formula is C18H17ClFNO3S2.